The molecule has 0 spiro atoms. The summed E-state index contributed by atoms with van der Waals surface area (Å²) < 4.78 is 1.79. The Morgan fingerprint density at radius 3 is 2.64 bits per heavy atom. The first-order valence-corrected chi connectivity index (χ1v) is 5.19. The molecule has 0 saturated carbocycles. The molecule has 0 aliphatic rings. The van der Waals surface area contributed by atoms with E-state index in [0.717, 1.165) is 5.82 Å². The number of hydrogen-bond donors (Lipinski definition) is 1. The van der Waals surface area contributed by atoms with Gasteiger partial charge in [0.1, 0.15) is 11.1 Å². The van der Waals surface area contributed by atoms with Crippen LogP contribution in [0.4, 0.5) is 0 Å². The monoisotopic (exact) mass is 215 g/mol. The Hall–Kier alpha value is -1.04. The SMILES string of the molecule is CC[C@@H](Sc1nnc(C)n1C)C(=O)O. The Labute approximate surface area is 86.5 Å². The Morgan fingerprint density at radius 1 is 1.64 bits per heavy atom. The molecule has 5 nitrogen and oxygen atoms in total. The average Bonchev–Trinajstić information content (AvgIpc) is 2.44. The fourth-order valence-electron chi connectivity index (χ4n) is 0.926. The maximum absolute atomic E-state index is 10.8. The highest BCUT2D eigenvalue weighted by Crippen LogP contribution is 2.23. The van der Waals surface area contributed by atoms with Crippen LogP contribution in [0.25, 0.3) is 0 Å². The van der Waals surface area contributed by atoms with Crippen molar-refractivity contribution in [2.24, 2.45) is 7.05 Å². The van der Waals surface area contributed by atoms with Gasteiger partial charge in [0.2, 0.25) is 0 Å². The summed E-state index contributed by atoms with van der Waals surface area (Å²) in [5, 5.41) is 16.8. The highest BCUT2D eigenvalue weighted by Gasteiger charge is 2.19. The van der Waals surface area contributed by atoms with Crippen molar-refractivity contribution in [2.75, 3.05) is 0 Å². The van der Waals surface area contributed by atoms with Crippen LogP contribution in [0.1, 0.15) is 19.2 Å². The number of carbonyl (C=O) groups is 1. The number of rotatable bonds is 4. The summed E-state index contributed by atoms with van der Waals surface area (Å²) in [6.45, 7) is 3.67. The van der Waals surface area contributed by atoms with Gasteiger partial charge < -0.3 is 9.67 Å². The van der Waals surface area contributed by atoms with Crippen molar-refractivity contribution in [2.45, 2.75) is 30.7 Å². The molecule has 1 aromatic rings. The van der Waals surface area contributed by atoms with E-state index in [1.165, 1.54) is 11.8 Å². The molecule has 1 heterocycles. The van der Waals surface area contributed by atoms with Gasteiger partial charge in [0.05, 0.1) is 0 Å². The summed E-state index contributed by atoms with van der Waals surface area (Å²) in [5.41, 5.74) is 0. The molecule has 0 bridgehead atoms. The lowest BCUT2D eigenvalue weighted by Gasteiger charge is -2.07. The van der Waals surface area contributed by atoms with Gasteiger partial charge in [0.15, 0.2) is 5.16 Å². The summed E-state index contributed by atoms with van der Waals surface area (Å²) in [7, 11) is 1.83. The van der Waals surface area contributed by atoms with Gasteiger partial charge in [-0.3, -0.25) is 4.79 Å². The third kappa shape index (κ3) is 2.25. The third-order valence-electron chi connectivity index (χ3n) is 1.95. The number of carboxylic acids is 1. The van der Waals surface area contributed by atoms with Crippen LogP contribution < -0.4 is 0 Å². The molecule has 0 aliphatic carbocycles. The van der Waals surface area contributed by atoms with Crippen LogP contribution in [0.15, 0.2) is 5.16 Å². The van der Waals surface area contributed by atoms with Gasteiger partial charge in [-0.25, -0.2) is 0 Å². The molecule has 0 amide bonds. The topological polar surface area (TPSA) is 68.0 Å². The number of nitrogens with zero attached hydrogens (tertiary/aromatic N) is 3. The minimum Gasteiger partial charge on any atom is -0.480 e. The smallest absolute Gasteiger partial charge is 0.317 e. The second-order valence-electron chi connectivity index (χ2n) is 2.94. The van der Waals surface area contributed by atoms with Crippen molar-refractivity contribution in [1.29, 1.82) is 0 Å². The van der Waals surface area contributed by atoms with E-state index < -0.39 is 11.2 Å². The lowest BCUT2D eigenvalue weighted by molar-refractivity contribution is -0.136. The maximum atomic E-state index is 10.8. The molecule has 0 saturated heterocycles. The number of hydrogen-bond acceptors (Lipinski definition) is 4. The molecule has 6 heteroatoms. The van der Waals surface area contributed by atoms with Gasteiger partial charge in [-0.2, -0.15) is 0 Å². The van der Waals surface area contributed by atoms with Crippen molar-refractivity contribution >= 4 is 17.7 Å². The number of thioether (sulfide) groups is 1. The normalized spacial score (nSPS) is 12.8. The largest absolute Gasteiger partial charge is 0.480 e. The highest BCUT2D eigenvalue weighted by atomic mass is 32.2. The lowest BCUT2D eigenvalue weighted by Crippen LogP contribution is -2.15. The van der Waals surface area contributed by atoms with Crippen LogP contribution in [-0.2, 0) is 11.8 Å². The Bertz CT molecular complexity index is 337. The molecule has 0 aromatic carbocycles. The quantitative estimate of drug-likeness (QED) is 0.761. The molecule has 0 fully saturated rings. The number of aryl methyl sites for hydroxylation is 1. The van der Waals surface area contributed by atoms with Crippen LogP contribution in [-0.4, -0.2) is 31.1 Å². The molecular formula is C8H13N3O2S. The summed E-state index contributed by atoms with van der Waals surface area (Å²) in [6.07, 6.45) is 0.575. The Balaban J connectivity index is 2.77. The van der Waals surface area contributed by atoms with Crippen molar-refractivity contribution in [3.63, 3.8) is 0 Å². The number of carboxylic acid groups (broad SMARTS) is 1. The zero-order valence-corrected chi connectivity index (χ0v) is 9.21. The van der Waals surface area contributed by atoms with Crippen LogP contribution in [0.5, 0.6) is 0 Å². The van der Waals surface area contributed by atoms with E-state index >= 15 is 0 Å². The molecule has 0 radical (unpaired) electrons. The summed E-state index contributed by atoms with van der Waals surface area (Å²) >= 11 is 1.23. The minimum absolute atomic E-state index is 0.447. The van der Waals surface area contributed by atoms with Gasteiger partial charge in [-0.1, -0.05) is 18.7 Å². The molecule has 0 unspecified atom stereocenters. The second-order valence-corrected chi connectivity index (χ2v) is 4.11. The molecule has 1 aromatic heterocycles. The standard InChI is InChI=1S/C8H13N3O2S/c1-4-6(7(12)13)14-8-10-9-5(2)11(8)3/h6H,4H2,1-3H3,(H,12,13)/t6-/m1/s1. The van der Waals surface area contributed by atoms with Crippen LogP contribution in [0.3, 0.4) is 0 Å². The van der Waals surface area contributed by atoms with E-state index in [1.54, 1.807) is 4.57 Å². The van der Waals surface area contributed by atoms with Crippen LogP contribution >= 0.6 is 11.8 Å². The maximum Gasteiger partial charge on any atom is 0.317 e. The molecule has 0 aliphatic heterocycles. The van der Waals surface area contributed by atoms with E-state index in [-0.39, 0.29) is 0 Å². The first-order chi connectivity index (χ1) is 6.56. The van der Waals surface area contributed by atoms with E-state index in [1.807, 2.05) is 20.9 Å². The average molecular weight is 215 g/mol. The first kappa shape index (κ1) is 11.0. The van der Waals surface area contributed by atoms with Gasteiger partial charge in [0, 0.05) is 7.05 Å². The van der Waals surface area contributed by atoms with E-state index in [4.69, 9.17) is 5.11 Å². The fraction of sp³-hybridized carbons (Fsp3) is 0.625. The summed E-state index contributed by atoms with van der Waals surface area (Å²) in [4.78, 5) is 10.8. The summed E-state index contributed by atoms with van der Waals surface area (Å²) in [6, 6.07) is 0. The molecule has 1 N–H and O–H groups in total. The van der Waals surface area contributed by atoms with E-state index in [9.17, 15) is 4.79 Å². The first-order valence-electron chi connectivity index (χ1n) is 4.31. The van der Waals surface area contributed by atoms with Gasteiger partial charge in [-0.15, -0.1) is 10.2 Å². The van der Waals surface area contributed by atoms with E-state index in [2.05, 4.69) is 10.2 Å². The zero-order valence-electron chi connectivity index (χ0n) is 8.39. The predicted octanol–water partition coefficient (Wildman–Crippen LogP) is 1.08. The van der Waals surface area contributed by atoms with Gasteiger partial charge in [0.25, 0.3) is 0 Å². The summed E-state index contributed by atoms with van der Waals surface area (Å²) in [5.74, 6) is -0.0223. The van der Waals surface area contributed by atoms with Crippen molar-refractivity contribution < 1.29 is 9.90 Å². The van der Waals surface area contributed by atoms with Gasteiger partial charge in [-0.05, 0) is 13.3 Å². The molecular weight excluding hydrogens is 202 g/mol. The number of aliphatic carboxylic acids is 1. The van der Waals surface area contributed by atoms with E-state index in [0.29, 0.717) is 11.6 Å². The highest BCUT2D eigenvalue weighted by molar-refractivity contribution is 8.00. The fourth-order valence-corrected chi connectivity index (χ4v) is 1.83. The molecule has 1 atom stereocenters. The van der Waals surface area contributed by atoms with Crippen LogP contribution in [0.2, 0.25) is 0 Å². The number of aromatic nitrogens is 3. The molecule has 78 valence electrons. The van der Waals surface area contributed by atoms with Gasteiger partial charge >= 0.3 is 5.97 Å². The Morgan fingerprint density at radius 2 is 2.29 bits per heavy atom. The lowest BCUT2D eigenvalue weighted by atomic mass is 10.3. The third-order valence-corrected chi connectivity index (χ3v) is 3.33. The Kier molecular flexibility index (Phi) is 3.51. The van der Waals surface area contributed by atoms with Crippen LogP contribution in [0, 0.1) is 6.92 Å². The van der Waals surface area contributed by atoms with Crippen molar-refractivity contribution in [3.8, 4) is 0 Å². The zero-order chi connectivity index (χ0) is 10.7. The minimum atomic E-state index is -0.807. The molecule has 1 rings (SSSR count). The van der Waals surface area contributed by atoms with Crippen molar-refractivity contribution in [1.82, 2.24) is 14.8 Å². The second kappa shape index (κ2) is 4.45. The predicted molar refractivity (Wildman–Crippen MR) is 53.3 cm³/mol. The molecule has 14 heavy (non-hydrogen) atoms. The van der Waals surface area contributed by atoms with Crippen molar-refractivity contribution in [3.05, 3.63) is 5.82 Å².